The van der Waals surface area contributed by atoms with Gasteiger partial charge in [0.05, 0.1) is 6.07 Å². The first-order valence-corrected chi connectivity index (χ1v) is 10.4. The standard InChI is InChI=1S/C22H37N/c1-2-3-4-5-6-7-19-8-10-20(11-9-19)12-13-21-14-16-22(18-23)17-15-21/h3-4,19-22H,2,5-17H2,1H3/b4-3-. The van der Waals surface area contributed by atoms with Gasteiger partial charge >= 0.3 is 0 Å². The van der Waals surface area contributed by atoms with E-state index in [0.29, 0.717) is 5.92 Å². The minimum absolute atomic E-state index is 0.369. The van der Waals surface area contributed by atoms with Crippen LogP contribution in [0.5, 0.6) is 0 Å². The third-order valence-electron chi connectivity index (χ3n) is 6.36. The average Bonchev–Trinajstić information content (AvgIpc) is 2.61. The highest BCUT2D eigenvalue weighted by atomic mass is 14.3. The van der Waals surface area contributed by atoms with Gasteiger partial charge in [-0.3, -0.25) is 0 Å². The number of hydrogen-bond donors (Lipinski definition) is 0. The fourth-order valence-corrected chi connectivity index (χ4v) is 4.67. The van der Waals surface area contributed by atoms with Gasteiger partial charge in [0.2, 0.25) is 0 Å². The Morgan fingerprint density at radius 1 is 0.783 bits per heavy atom. The average molecular weight is 316 g/mol. The van der Waals surface area contributed by atoms with Gasteiger partial charge in [0.1, 0.15) is 0 Å². The van der Waals surface area contributed by atoms with Crippen molar-refractivity contribution in [1.82, 2.24) is 0 Å². The lowest BCUT2D eigenvalue weighted by atomic mass is 9.75. The number of nitriles is 1. The van der Waals surface area contributed by atoms with Crippen molar-refractivity contribution in [3.8, 4) is 6.07 Å². The molecule has 0 aromatic carbocycles. The minimum Gasteiger partial charge on any atom is -0.198 e. The minimum atomic E-state index is 0.369. The van der Waals surface area contributed by atoms with Crippen LogP contribution in [-0.2, 0) is 0 Å². The van der Waals surface area contributed by atoms with E-state index in [1.54, 1.807) is 0 Å². The summed E-state index contributed by atoms with van der Waals surface area (Å²) in [6.45, 7) is 2.22. The Hall–Kier alpha value is -0.770. The molecule has 0 aromatic heterocycles. The summed E-state index contributed by atoms with van der Waals surface area (Å²) in [5.41, 5.74) is 0. The van der Waals surface area contributed by atoms with E-state index in [9.17, 15) is 0 Å². The Balaban J connectivity index is 1.51. The molecule has 23 heavy (non-hydrogen) atoms. The molecule has 0 bridgehead atoms. The molecule has 2 aliphatic carbocycles. The Labute approximate surface area is 144 Å². The molecule has 2 aliphatic rings. The first-order valence-electron chi connectivity index (χ1n) is 10.4. The summed E-state index contributed by atoms with van der Waals surface area (Å²) in [5.74, 6) is 3.34. The van der Waals surface area contributed by atoms with Gasteiger partial charge in [-0.2, -0.15) is 5.26 Å². The molecule has 1 heteroatoms. The lowest BCUT2D eigenvalue weighted by molar-refractivity contribution is 0.221. The fraction of sp³-hybridized carbons (Fsp3) is 0.864. The van der Waals surface area contributed by atoms with Crippen LogP contribution in [-0.4, -0.2) is 0 Å². The molecule has 2 rings (SSSR count). The molecular weight excluding hydrogens is 278 g/mol. The van der Waals surface area contributed by atoms with E-state index >= 15 is 0 Å². The van der Waals surface area contributed by atoms with E-state index in [1.165, 1.54) is 89.9 Å². The summed E-state index contributed by atoms with van der Waals surface area (Å²) in [5, 5.41) is 8.99. The van der Waals surface area contributed by atoms with Crippen LogP contribution in [0.4, 0.5) is 0 Å². The van der Waals surface area contributed by atoms with Crippen LogP contribution in [0, 0.1) is 35.0 Å². The predicted molar refractivity (Wildman–Crippen MR) is 99.0 cm³/mol. The second-order valence-corrected chi connectivity index (χ2v) is 8.12. The highest BCUT2D eigenvalue weighted by molar-refractivity contribution is 4.87. The van der Waals surface area contributed by atoms with Crippen molar-refractivity contribution < 1.29 is 0 Å². The lowest BCUT2D eigenvalue weighted by Gasteiger charge is -2.31. The molecule has 0 atom stereocenters. The quantitative estimate of drug-likeness (QED) is 0.348. The molecule has 0 aliphatic heterocycles. The normalized spacial score (nSPS) is 32.0. The maximum atomic E-state index is 8.99. The third kappa shape index (κ3) is 7.11. The van der Waals surface area contributed by atoms with Crippen molar-refractivity contribution in [2.45, 2.75) is 96.8 Å². The van der Waals surface area contributed by atoms with Gasteiger partial charge in [-0.1, -0.05) is 64.0 Å². The second-order valence-electron chi connectivity index (χ2n) is 8.12. The van der Waals surface area contributed by atoms with Crippen LogP contribution < -0.4 is 0 Å². The van der Waals surface area contributed by atoms with Crippen LogP contribution >= 0.6 is 0 Å². The zero-order valence-electron chi connectivity index (χ0n) is 15.3. The van der Waals surface area contributed by atoms with Crippen LogP contribution in [0.3, 0.4) is 0 Å². The molecule has 2 fully saturated rings. The summed E-state index contributed by atoms with van der Waals surface area (Å²) in [6.07, 6.45) is 23.8. The molecule has 1 nitrogen and oxygen atoms in total. The molecule has 130 valence electrons. The van der Waals surface area contributed by atoms with Gasteiger partial charge in [-0.25, -0.2) is 0 Å². The van der Waals surface area contributed by atoms with E-state index in [1.807, 2.05) is 0 Å². The van der Waals surface area contributed by atoms with Crippen LogP contribution in [0.2, 0.25) is 0 Å². The fourth-order valence-electron chi connectivity index (χ4n) is 4.67. The van der Waals surface area contributed by atoms with E-state index in [0.717, 1.165) is 17.8 Å². The summed E-state index contributed by atoms with van der Waals surface area (Å²) in [7, 11) is 0. The van der Waals surface area contributed by atoms with E-state index in [4.69, 9.17) is 5.26 Å². The molecule has 0 heterocycles. The number of rotatable bonds is 8. The molecule has 0 amide bonds. The SMILES string of the molecule is CC/C=C\CCCC1CCC(CCC2CCC(C#N)CC2)CC1. The number of allylic oxidation sites excluding steroid dienone is 2. The molecule has 0 N–H and O–H groups in total. The molecular formula is C22H37N. The monoisotopic (exact) mass is 315 g/mol. The van der Waals surface area contributed by atoms with Gasteiger partial charge in [-0.15, -0.1) is 0 Å². The summed E-state index contributed by atoms with van der Waals surface area (Å²) in [4.78, 5) is 0. The predicted octanol–water partition coefficient (Wildman–Crippen LogP) is 7.04. The van der Waals surface area contributed by atoms with E-state index < -0.39 is 0 Å². The van der Waals surface area contributed by atoms with Crippen LogP contribution in [0.1, 0.15) is 96.8 Å². The molecule has 0 unspecified atom stereocenters. The Kier molecular flexibility index (Phi) is 8.80. The zero-order chi connectivity index (χ0) is 16.3. The summed E-state index contributed by atoms with van der Waals surface area (Å²) < 4.78 is 0. The first-order chi connectivity index (χ1) is 11.3. The molecule has 0 aromatic rings. The highest BCUT2D eigenvalue weighted by Crippen LogP contribution is 2.37. The van der Waals surface area contributed by atoms with E-state index in [2.05, 4.69) is 25.1 Å². The maximum absolute atomic E-state index is 8.99. The molecule has 0 saturated heterocycles. The number of unbranched alkanes of at least 4 members (excludes halogenated alkanes) is 1. The zero-order valence-corrected chi connectivity index (χ0v) is 15.3. The van der Waals surface area contributed by atoms with Gasteiger partial charge in [0, 0.05) is 5.92 Å². The highest BCUT2D eigenvalue weighted by Gasteiger charge is 2.24. The molecule has 2 saturated carbocycles. The second kappa shape index (κ2) is 10.9. The van der Waals surface area contributed by atoms with Crippen LogP contribution in [0.15, 0.2) is 12.2 Å². The number of nitrogens with zero attached hydrogens (tertiary/aromatic N) is 1. The largest absolute Gasteiger partial charge is 0.198 e. The Morgan fingerprint density at radius 3 is 1.83 bits per heavy atom. The van der Waals surface area contributed by atoms with E-state index in [-0.39, 0.29) is 0 Å². The molecule has 0 radical (unpaired) electrons. The van der Waals surface area contributed by atoms with Crippen molar-refractivity contribution in [1.29, 1.82) is 5.26 Å². The smallest absolute Gasteiger partial charge is 0.0655 e. The summed E-state index contributed by atoms with van der Waals surface area (Å²) in [6, 6.07) is 2.46. The van der Waals surface area contributed by atoms with Crippen LogP contribution in [0.25, 0.3) is 0 Å². The van der Waals surface area contributed by atoms with Gasteiger partial charge in [0.15, 0.2) is 0 Å². The third-order valence-corrected chi connectivity index (χ3v) is 6.36. The topological polar surface area (TPSA) is 23.8 Å². The Bertz CT molecular complexity index is 362. The Morgan fingerprint density at radius 2 is 1.30 bits per heavy atom. The maximum Gasteiger partial charge on any atom is 0.0655 e. The van der Waals surface area contributed by atoms with Gasteiger partial charge in [0.25, 0.3) is 0 Å². The van der Waals surface area contributed by atoms with Crippen molar-refractivity contribution in [3.05, 3.63) is 12.2 Å². The van der Waals surface area contributed by atoms with Crippen molar-refractivity contribution in [2.24, 2.45) is 23.7 Å². The van der Waals surface area contributed by atoms with Gasteiger partial charge < -0.3 is 0 Å². The first kappa shape index (κ1) is 18.6. The van der Waals surface area contributed by atoms with Crippen molar-refractivity contribution >= 4 is 0 Å². The van der Waals surface area contributed by atoms with Crippen molar-refractivity contribution in [2.75, 3.05) is 0 Å². The molecule has 0 spiro atoms. The van der Waals surface area contributed by atoms with Crippen molar-refractivity contribution in [3.63, 3.8) is 0 Å². The van der Waals surface area contributed by atoms with Gasteiger partial charge in [-0.05, 0) is 62.7 Å². The lowest BCUT2D eigenvalue weighted by Crippen LogP contribution is -2.17. The number of hydrogen-bond acceptors (Lipinski definition) is 1. The summed E-state index contributed by atoms with van der Waals surface area (Å²) >= 11 is 0.